The number of hydrogen-bond acceptors (Lipinski definition) is 3. The number of H-pyrrole nitrogens is 1. The number of aromatic nitrogens is 2. The van der Waals surface area contributed by atoms with Gasteiger partial charge in [-0.25, -0.2) is 0 Å². The van der Waals surface area contributed by atoms with Crippen LogP contribution >= 0.6 is 0 Å². The largest absolute Gasteiger partial charge is 0.397 e. The highest BCUT2D eigenvalue weighted by Crippen LogP contribution is 2.31. The van der Waals surface area contributed by atoms with Crippen LogP contribution in [0.1, 0.15) is 40.5 Å². The van der Waals surface area contributed by atoms with Crippen molar-refractivity contribution in [3.05, 3.63) is 18.3 Å². The first kappa shape index (κ1) is 14.7. The van der Waals surface area contributed by atoms with Crippen LogP contribution in [0.5, 0.6) is 0 Å². The first-order chi connectivity index (χ1) is 9.56. The third kappa shape index (κ3) is 2.89. The van der Waals surface area contributed by atoms with Gasteiger partial charge < -0.3 is 10.6 Å². The quantitative estimate of drug-likeness (QED) is 0.788. The summed E-state index contributed by atoms with van der Waals surface area (Å²) in [5.41, 5.74) is 9.30. The summed E-state index contributed by atoms with van der Waals surface area (Å²) >= 11 is 0. The van der Waals surface area contributed by atoms with Crippen LogP contribution in [0.25, 0.3) is 10.9 Å². The molecule has 3 N–H and O–H groups in total. The number of aromatic amines is 1. The van der Waals surface area contributed by atoms with Gasteiger partial charge in [-0.1, -0.05) is 27.7 Å². The van der Waals surface area contributed by atoms with E-state index in [2.05, 4.69) is 48.9 Å². The van der Waals surface area contributed by atoms with Crippen molar-refractivity contribution >= 4 is 22.3 Å². The Hall–Kier alpha value is -1.71. The van der Waals surface area contributed by atoms with Crippen LogP contribution in [-0.4, -0.2) is 22.8 Å². The molecule has 0 saturated heterocycles. The van der Waals surface area contributed by atoms with Crippen molar-refractivity contribution in [2.45, 2.75) is 46.6 Å². The molecule has 0 saturated carbocycles. The fourth-order valence-electron chi connectivity index (χ4n) is 2.81. The molecule has 0 amide bonds. The molecule has 1 aromatic carbocycles. The number of nitrogen functional groups attached to an aromatic ring is 1. The zero-order valence-electron chi connectivity index (χ0n) is 13.0. The second-order valence-corrected chi connectivity index (χ2v) is 5.88. The van der Waals surface area contributed by atoms with E-state index in [1.165, 1.54) is 0 Å². The Morgan fingerprint density at radius 3 is 2.55 bits per heavy atom. The average Bonchev–Trinajstić information content (AvgIpc) is 2.84. The minimum atomic E-state index is 0.528. The minimum Gasteiger partial charge on any atom is -0.397 e. The molecule has 2 rings (SSSR count). The third-order valence-electron chi connectivity index (χ3n) is 3.84. The fourth-order valence-corrected chi connectivity index (χ4v) is 2.81. The number of anilines is 2. The van der Waals surface area contributed by atoms with Crippen LogP contribution in [0.15, 0.2) is 18.3 Å². The van der Waals surface area contributed by atoms with Gasteiger partial charge >= 0.3 is 0 Å². The van der Waals surface area contributed by atoms with Crippen LogP contribution < -0.4 is 10.6 Å². The lowest BCUT2D eigenvalue weighted by atomic mass is 10.0. The first-order valence-corrected chi connectivity index (χ1v) is 7.56. The van der Waals surface area contributed by atoms with Gasteiger partial charge in [-0.2, -0.15) is 5.10 Å². The minimum absolute atomic E-state index is 0.528. The summed E-state index contributed by atoms with van der Waals surface area (Å²) in [5, 5.41) is 8.20. The Morgan fingerprint density at radius 2 is 1.95 bits per heavy atom. The summed E-state index contributed by atoms with van der Waals surface area (Å²) < 4.78 is 0. The van der Waals surface area contributed by atoms with E-state index in [9.17, 15) is 0 Å². The normalized spacial score (nSPS) is 11.7. The molecule has 0 aliphatic heterocycles. The Kier molecular flexibility index (Phi) is 4.53. The Morgan fingerprint density at radius 1 is 1.25 bits per heavy atom. The van der Waals surface area contributed by atoms with E-state index in [-0.39, 0.29) is 0 Å². The molecule has 4 heteroatoms. The van der Waals surface area contributed by atoms with Crippen LogP contribution in [0.3, 0.4) is 0 Å². The van der Waals surface area contributed by atoms with E-state index >= 15 is 0 Å². The highest BCUT2D eigenvalue weighted by atomic mass is 15.2. The highest BCUT2D eigenvalue weighted by molar-refractivity contribution is 5.89. The summed E-state index contributed by atoms with van der Waals surface area (Å²) in [6.07, 6.45) is 4.08. The van der Waals surface area contributed by atoms with Gasteiger partial charge in [0.05, 0.1) is 23.1 Å². The standard InChI is InChI=1S/C16H26N4/c1-5-13(6-2)20(10-11(3)4)16-8-15-12(7-14(16)17)9-18-19-15/h7-9,11,13H,5-6,10,17H2,1-4H3,(H,18,19). The van der Waals surface area contributed by atoms with Gasteiger partial charge in [0.1, 0.15) is 0 Å². The molecule has 0 aliphatic rings. The van der Waals surface area contributed by atoms with Gasteiger partial charge in [-0.05, 0) is 30.9 Å². The summed E-state index contributed by atoms with van der Waals surface area (Å²) in [7, 11) is 0. The molecule has 0 aliphatic carbocycles. The molecule has 1 heterocycles. The van der Waals surface area contributed by atoms with Crippen LogP contribution in [0.4, 0.5) is 11.4 Å². The topological polar surface area (TPSA) is 57.9 Å². The molecule has 0 spiro atoms. The summed E-state index contributed by atoms with van der Waals surface area (Å²) in [6.45, 7) is 10.0. The van der Waals surface area contributed by atoms with Crippen LogP contribution in [0.2, 0.25) is 0 Å². The highest BCUT2D eigenvalue weighted by Gasteiger charge is 2.19. The molecule has 2 aromatic rings. The van der Waals surface area contributed by atoms with Crippen LogP contribution in [-0.2, 0) is 0 Å². The summed E-state index contributed by atoms with van der Waals surface area (Å²) in [4.78, 5) is 2.46. The van der Waals surface area contributed by atoms with Crippen molar-refractivity contribution in [1.82, 2.24) is 10.2 Å². The molecule has 0 fully saturated rings. The van der Waals surface area contributed by atoms with Crippen molar-refractivity contribution in [2.75, 3.05) is 17.2 Å². The van der Waals surface area contributed by atoms with Crippen molar-refractivity contribution in [3.8, 4) is 0 Å². The first-order valence-electron chi connectivity index (χ1n) is 7.56. The molecule has 0 bridgehead atoms. The molecule has 20 heavy (non-hydrogen) atoms. The maximum atomic E-state index is 6.29. The number of benzene rings is 1. The van der Waals surface area contributed by atoms with Gasteiger partial charge in [0.15, 0.2) is 0 Å². The summed E-state index contributed by atoms with van der Waals surface area (Å²) in [5.74, 6) is 0.604. The lowest BCUT2D eigenvalue weighted by Gasteiger charge is -2.35. The third-order valence-corrected chi connectivity index (χ3v) is 3.84. The van der Waals surface area contributed by atoms with Crippen molar-refractivity contribution in [1.29, 1.82) is 0 Å². The Bertz CT molecular complexity index is 555. The number of nitrogens with one attached hydrogen (secondary N) is 1. The predicted octanol–water partition coefficient (Wildman–Crippen LogP) is 3.80. The van der Waals surface area contributed by atoms with E-state index < -0.39 is 0 Å². The SMILES string of the molecule is CCC(CC)N(CC(C)C)c1cc2[nH]ncc2cc1N. The smallest absolute Gasteiger partial charge is 0.0672 e. The van der Waals surface area contributed by atoms with Crippen molar-refractivity contribution in [3.63, 3.8) is 0 Å². The van der Waals surface area contributed by atoms with E-state index in [1.807, 2.05) is 12.3 Å². The molecule has 1 aromatic heterocycles. The number of hydrogen-bond donors (Lipinski definition) is 2. The van der Waals surface area contributed by atoms with Gasteiger partial charge in [0, 0.05) is 18.0 Å². The van der Waals surface area contributed by atoms with E-state index in [0.717, 1.165) is 41.7 Å². The van der Waals surface area contributed by atoms with Gasteiger partial charge in [0.25, 0.3) is 0 Å². The van der Waals surface area contributed by atoms with Crippen LogP contribution in [0, 0.1) is 5.92 Å². The molecule has 0 unspecified atom stereocenters. The number of nitrogens with two attached hydrogens (primary N) is 1. The number of nitrogens with zero attached hydrogens (tertiary/aromatic N) is 2. The number of rotatable bonds is 6. The Labute approximate surface area is 121 Å². The predicted molar refractivity (Wildman–Crippen MR) is 87.1 cm³/mol. The van der Waals surface area contributed by atoms with Crippen molar-refractivity contribution in [2.24, 2.45) is 5.92 Å². The molecule has 0 atom stereocenters. The molecular weight excluding hydrogens is 248 g/mol. The lowest BCUT2D eigenvalue weighted by Crippen LogP contribution is -2.37. The van der Waals surface area contributed by atoms with Crippen molar-refractivity contribution < 1.29 is 0 Å². The zero-order chi connectivity index (χ0) is 14.7. The second-order valence-electron chi connectivity index (χ2n) is 5.88. The monoisotopic (exact) mass is 274 g/mol. The lowest BCUT2D eigenvalue weighted by molar-refractivity contribution is 0.508. The fraction of sp³-hybridized carbons (Fsp3) is 0.562. The van der Waals surface area contributed by atoms with Gasteiger partial charge in [0.2, 0.25) is 0 Å². The van der Waals surface area contributed by atoms with Gasteiger partial charge in [-0.15, -0.1) is 0 Å². The molecule has 0 radical (unpaired) electrons. The molecule has 110 valence electrons. The maximum Gasteiger partial charge on any atom is 0.0672 e. The zero-order valence-corrected chi connectivity index (χ0v) is 13.0. The Balaban J connectivity index is 2.45. The van der Waals surface area contributed by atoms with E-state index in [0.29, 0.717) is 12.0 Å². The molecular formula is C16H26N4. The van der Waals surface area contributed by atoms with Gasteiger partial charge in [-0.3, -0.25) is 5.10 Å². The average molecular weight is 274 g/mol. The van der Waals surface area contributed by atoms with E-state index in [4.69, 9.17) is 5.73 Å². The maximum absolute atomic E-state index is 6.29. The summed E-state index contributed by atoms with van der Waals surface area (Å²) in [6, 6.07) is 4.68. The van der Waals surface area contributed by atoms with E-state index in [1.54, 1.807) is 0 Å². The second kappa shape index (κ2) is 6.16. The number of fused-ring (bicyclic) bond motifs is 1. The molecule has 4 nitrogen and oxygen atoms in total.